The fourth-order valence-corrected chi connectivity index (χ4v) is 2.14. The molecule has 0 saturated heterocycles. The topological polar surface area (TPSA) is 37.3 Å². The average Bonchev–Trinajstić information content (AvgIpc) is 2.39. The maximum Gasteiger partial charge on any atom is 0.313 e. The SMILES string of the molecule is CC(C)(C(=O)O)c1cccc(-c2ccccc2Cl)c1. The van der Waals surface area contributed by atoms with Crippen molar-refractivity contribution in [2.45, 2.75) is 19.3 Å². The lowest BCUT2D eigenvalue weighted by molar-refractivity contribution is -0.142. The summed E-state index contributed by atoms with van der Waals surface area (Å²) in [4.78, 5) is 11.3. The first-order valence-electron chi connectivity index (χ1n) is 6.02. The van der Waals surface area contributed by atoms with Crippen molar-refractivity contribution in [2.75, 3.05) is 0 Å². The van der Waals surface area contributed by atoms with Crippen molar-refractivity contribution in [1.29, 1.82) is 0 Å². The molecule has 3 heteroatoms. The minimum Gasteiger partial charge on any atom is -0.481 e. The van der Waals surface area contributed by atoms with E-state index in [1.807, 2.05) is 48.5 Å². The number of hydrogen-bond acceptors (Lipinski definition) is 1. The molecular formula is C16H15ClO2. The van der Waals surface area contributed by atoms with Crippen molar-refractivity contribution in [1.82, 2.24) is 0 Å². The highest BCUT2D eigenvalue weighted by atomic mass is 35.5. The van der Waals surface area contributed by atoms with E-state index in [1.54, 1.807) is 13.8 Å². The largest absolute Gasteiger partial charge is 0.481 e. The summed E-state index contributed by atoms with van der Waals surface area (Å²) in [6, 6.07) is 15.0. The first-order chi connectivity index (χ1) is 8.93. The lowest BCUT2D eigenvalue weighted by atomic mass is 9.83. The van der Waals surface area contributed by atoms with Gasteiger partial charge in [0.25, 0.3) is 0 Å². The Bertz CT molecular complexity index is 618. The Morgan fingerprint density at radius 3 is 2.42 bits per heavy atom. The Balaban J connectivity index is 2.52. The van der Waals surface area contributed by atoms with Crippen LogP contribution in [0.5, 0.6) is 0 Å². The molecule has 0 amide bonds. The lowest BCUT2D eigenvalue weighted by Crippen LogP contribution is -2.28. The normalized spacial score (nSPS) is 11.3. The third-order valence-electron chi connectivity index (χ3n) is 3.30. The van der Waals surface area contributed by atoms with Crippen molar-refractivity contribution >= 4 is 17.6 Å². The van der Waals surface area contributed by atoms with Crippen LogP contribution in [0, 0.1) is 0 Å². The number of rotatable bonds is 3. The molecule has 1 N–H and O–H groups in total. The summed E-state index contributed by atoms with van der Waals surface area (Å²) in [7, 11) is 0. The van der Waals surface area contributed by atoms with Crippen LogP contribution in [0.4, 0.5) is 0 Å². The van der Waals surface area contributed by atoms with E-state index in [1.165, 1.54) is 0 Å². The van der Waals surface area contributed by atoms with Crippen molar-refractivity contribution in [3.63, 3.8) is 0 Å². The molecule has 19 heavy (non-hydrogen) atoms. The van der Waals surface area contributed by atoms with Crippen LogP contribution in [-0.2, 0) is 10.2 Å². The second-order valence-corrected chi connectivity index (χ2v) is 5.40. The zero-order valence-corrected chi connectivity index (χ0v) is 11.6. The number of hydrogen-bond donors (Lipinski definition) is 1. The molecule has 0 fully saturated rings. The van der Waals surface area contributed by atoms with Crippen LogP contribution in [-0.4, -0.2) is 11.1 Å². The zero-order valence-electron chi connectivity index (χ0n) is 10.9. The lowest BCUT2D eigenvalue weighted by Gasteiger charge is -2.20. The van der Waals surface area contributed by atoms with Crippen LogP contribution in [0.25, 0.3) is 11.1 Å². The molecule has 0 spiro atoms. The molecule has 0 atom stereocenters. The van der Waals surface area contributed by atoms with Crippen molar-refractivity contribution in [3.8, 4) is 11.1 Å². The summed E-state index contributed by atoms with van der Waals surface area (Å²) in [6.07, 6.45) is 0. The van der Waals surface area contributed by atoms with Crippen molar-refractivity contribution in [3.05, 3.63) is 59.1 Å². The van der Waals surface area contributed by atoms with Gasteiger partial charge in [0.05, 0.1) is 5.41 Å². The maximum absolute atomic E-state index is 11.3. The van der Waals surface area contributed by atoms with Crippen molar-refractivity contribution < 1.29 is 9.90 Å². The molecule has 0 heterocycles. The van der Waals surface area contributed by atoms with E-state index in [0.717, 1.165) is 16.7 Å². The first kappa shape index (κ1) is 13.6. The van der Waals surface area contributed by atoms with Crippen LogP contribution in [0.3, 0.4) is 0 Å². The standard InChI is InChI=1S/C16H15ClO2/c1-16(2,15(18)19)12-7-5-6-11(10-12)13-8-3-4-9-14(13)17/h3-10H,1-2H3,(H,18,19). The molecule has 0 saturated carbocycles. The van der Waals surface area contributed by atoms with Crippen LogP contribution >= 0.6 is 11.6 Å². The molecule has 0 aliphatic rings. The predicted molar refractivity (Wildman–Crippen MR) is 77.5 cm³/mol. The van der Waals surface area contributed by atoms with E-state index >= 15 is 0 Å². The van der Waals surface area contributed by atoms with Gasteiger partial charge in [0, 0.05) is 10.6 Å². The molecule has 2 aromatic rings. The number of halogens is 1. The highest BCUT2D eigenvalue weighted by Crippen LogP contribution is 2.31. The Kier molecular flexibility index (Phi) is 3.63. The van der Waals surface area contributed by atoms with Gasteiger partial charge < -0.3 is 5.11 Å². The Labute approximate surface area is 117 Å². The molecule has 2 rings (SSSR count). The van der Waals surface area contributed by atoms with Gasteiger partial charge in [0.1, 0.15) is 0 Å². The van der Waals surface area contributed by atoms with Crippen LogP contribution in [0.1, 0.15) is 19.4 Å². The number of carboxylic acids is 1. The summed E-state index contributed by atoms with van der Waals surface area (Å²) in [5, 5.41) is 9.94. The Morgan fingerprint density at radius 1 is 1.11 bits per heavy atom. The average molecular weight is 275 g/mol. The number of benzene rings is 2. The maximum atomic E-state index is 11.3. The molecule has 0 radical (unpaired) electrons. The number of aliphatic carboxylic acids is 1. The Hall–Kier alpha value is -1.80. The molecule has 0 unspecified atom stereocenters. The van der Waals surface area contributed by atoms with Gasteiger partial charge in [0.15, 0.2) is 0 Å². The van der Waals surface area contributed by atoms with Gasteiger partial charge in [-0.15, -0.1) is 0 Å². The second kappa shape index (κ2) is 5.06. The molecule has 98 valence electrons. The summed E-state index contributed by atoms with van der Waals surface area (Å²) < 4.78 is 0. The van der Waals surface area contributed by atoms with Gasteiger partial charge in [-0.2, -0.15) is 0 Å². The predicted octanol–water partition coefficient (Wildman–Crippen LogP) is 4.37. The minimum absolute atomic E-state index is 0.660. The summed E-state index contributed by atoms with van der Waals surface area (Å²) >= 11 is 6.17. The van der Waals surface area contributed by atoms with E-state index in [-0.39, 0.29) is 0 Å². The third-order valence-corrected chi connectivity index (χ3v) is 3.63. The second-order valence-electron chi connectivity index (χ2n) is 4.99. The summed E-state index contributed by atoms with van der Waals surface area (Å²) in [5.41, 5.74) is 1.68. The number of carboxylic acid groups (broad SMARTS) is 1. The molecule has 0 aromatic heterocycles. The quantitative estimate of drug-likeness (QED) is 0.902. The fraction of sp³-hybridized carbons (Fsp3) is 0.188. The van der Waals surface area contributed by atoms with E-state index in [0.29, 0.717) is 5.02 Å². The minimum atomic E-state index is -0.919. The highest BCUT2D eigenvalue weighted by molar-refractivity contribution is 6.33. The van der Waals surface area contributed by atoms with Gasteiger partial charge >= 0.3 is 5.97 Å². The van der Waals surface area contributed by atoms with Crippen LogP contribution < -0.4 is 0 Å². The van der Waals surface area contributed by atoms with Crippen LogP contribution in [0.15, 0.2) is 48.5 Å². The fourth-order valence-electron chi connectivity index (χ4n) is 1.89. The molecule has 0 aliphatic heterocycles. The van der Waals surface area contributed by atoms with E-state index in [9.17, 15) is 9.90 Å². The zero-order chi connectivity index (χ0) is 14.0. The molecular weight excluding hydrogens is 260 g/mol. The molecule has 0 aliphatic carbocycles. The molecule has 2 aromatic carbocycles. The van der Waals surface area contributed by atoms with E-state index in [2.05, 4.69) is 0 Å². The van der Waals surface area contributed by atoms with Crippen LogP contribution in [0.2, 0.25) is 5.02 Å². The highest BCUT2D eigenvalue weighted by Gasteiger charge is 2.29. The summed E-state index contributed by atoms with van der Waals surface area (Å²) in [6.45, 7) is 3.39. The van der Waals surface area contributed by atoms with Gasteiger partial charge in [-0.05, 0) is 37.1 Å². The molecule has 0 bridgehead atoms. The van der Waals surface area contributed by atoms with Gasteiger partial charge in [-0.3, -0.25) is 4.79 Å². The van der Waals surface area contributed by atoms with E-state index < -0.39 is 11.4 Å². The smallest absolute Gasteiger partial charge is 0.313 e. The van der Waals surface area contributed by atoms with Crippen molar-refractivity contribution in [2.24, 2.45) is 0 Å². The first-order valence-corrected chi connectivity index (χ1v) is 6.39. The number of carbonyl (C=O) groups is 1. The summed E-state index contributed by atoms with van der Waals surface area (Å²) in [5.74, 6) is -0.844. The third kappa shape index (κ3) is 2.64. The monoisotopic (exact) mass is 274 g/mol. The van der Waals surface area contributed by atoms with E-state index in [4.69, 9.17) is 11.6 Å². The Morgan fingerprint density at radius 2 is 1.79 bits per heavy atom. The van der Waals surface area contributed by atoms with Gasteiger partial charge in [0.2, 0.25) is 0 Å². The molecule has 2 nitrogen and oxygen atoms in total. The van der Waals surface area contributed by atoms with Gasteiger partial charge in [-0.1, -0.05) is 48.0 Å². The van der Waals surface area contributed by atoms with Gasteiger partial charge in [-0.25, -0.2) is 0 Å².